The number of hydrogen-bond acceptors (Lipinski definition) is 6. The number of unbranched alkanes of at least 4 members (excludes halogenated alkanes) is 10. The van der Waals surface area contributed by atoms with Gasteiger partial charge in [-0.05, 0) is 43.7 Å². The molecule has 42 heavy (non-hydrogen) atoms. The van der Waals surface area contributed by atoms with Crippen molar-refractivity contribution in [2.75, 3.05) is 22.2 Å². The molecule has 0 aliphatic rings. The summed E-state index contributed by atoms with van der Waals surface area (Å²) in [6, 6.07) is 7.94. The minimum absolute atomic E-state index is 0.0749. The van der Waals surface area contributed by atoms with Crippen LogP contribution >= 0.6 is 46.4 Å². The minimum Gasteiger partial charge on any atom is -0.463 e. The molecule has 0 bridgehead atoms. The Labute approximate surface area is 270 Å². The molecule has 0 saturated carbocycles. The fraction of sp³-hybridized carbons (Fsp3) is 0.484. The Bertz CT molecular complexity index is 1170. The predicted octanol–water partition coefficient (Wildman–Crippen LogP) is 10.1. The van der Waals surface area contributed by atoms with Crippen LogP contribution in [0.3, 0.4) is 0 Å². The van der Waals surface area contributed by atoms with E-state index in [0.29, 0.717) is 27.8 Å². The van der Waals surface area contributed by atoms with Crippen molar-refractivity contribution >= 4 is 75.3 Å². The summed E-state index contributed by atoms with van der Waals surface area (Å²) in [6.45, 7) is 4.09. The van der Waals surface area contributed by atoms with Crippen LogP contribution in [0, 0.1) is 0 Å². The Kier molecular flexibility index (Phi) is 17.1. The van der Waals surface area contributed by atoms with E-state index in [-0.39, 0.29) is 34.1 Å². The second-order valence-corrected chi connectivity index (χ2v) is 11.7. The van der Waals surface area contributed by atoms with Crippen LogP contribution in [0.15, 0.2) is 42.2 Å². The summed E-state index contributed by atoms with van der Waals surface area (Å²) in [5.41, 5.74) is 1.13. The zero-order chi connectivity index (χ0) is 30.9. The molecule has 0 atom stereocenters. The van der Waals surface area contributed by atoms with Gasteiger partial charge < -0.3 is 15.4 Å². The number of hydrazine groups is 1. The standard InChI is InChI=1S/C31H42Cl4N4O3/c1-3-5-6-7-8-9-10-11-12-13-14-15-29(40)37-23-16-17-24(33)27(20-23)38-28(21-30(41)42-4-2)39(36)31-25(34)18-22(32)19-26(31)35/h16-21,38H,3-15,36H2,1-2H3,(H,37,40)/b28-21-. The van der Waals surface area contributed by atoms with Gasteiger partial charge in [-0.25, -0.2) is 10.6 Å². The third-order valence-electron chi connectivity index (χ3n) is 6.54. The van der Waals surface area contributed by atoms with Crippen LogP contribution in [0.25, 0.3) is 0 Å². The Morgan fingerprint density at radius 2 is 1.38 bits per heavy atom. The summed E-state index contributed by atoms with van der Waals surface area (Å²) in [5, 5.41) is 8.04. The first-order valence-electron chi connectivity index (χ1n) is 14.6. The Hall–Kier alpha value is -2.16. The van der Waals surface area contributed by atoms with Crippen molar-refractivity contribution in [3.8, 4) is 0 Å². The van der Waals surface area contributed by atoms with Gasteiger partial charge in [0.2, 0.25) is 5.91 Å². The first-order valence-corrected chi connectivity index (χ1v) is 16.1. The number of nitrogens with zero attached hydrogens (tertiary/aromatic N) is 1. The van der Waals surface area contributed by atoms with E-state index in [0.717, 1.165) is 30.3 Å². The van der Waals surface area contributed by atoms with Gasteiger partial charge in [0, 0.05) is 17.1 Å². The maximum Gasteiger partial charge on any atom is 0.334 e. The van der Waals surface area contributed by atoms with Crippen molar-refractivity contribution < 1.29 is 14.3 Å². The second-order valence-electron chi connectivity index (χ2n) is 10.0. The summed E-state index contributed by atoms with van der Waals surface area (Å²) in [7, 11) is 0. The van der Waals surface area contributed by atoms with Gasteiger partial charge in [0.25, 0.3) is 0 Å². The molecule has 4 N–H and O–H groups in total. The average molecular weight is 661 g/mol. The summed E-state index contributed by atoms with van der Waals surface area (Å²) in [5.74, 6) is 5.70. The fourth-order valence-corrected chi connectivity index (χ4v) is 5.52. The SMILES string of the molecule is CCCCCCCCCCCCCC(=O)Nc1ccc(Cl)c(N/C(=C/C(=O)OCC)N(N)c2c(Cl)cc(Cl)cc2Cl)c1. The number of nitrogens with one attached hydrogen (secondary N) is 2. The van der Waals surface area contributed by atoms with Gasteiger partial charge in [-0.2, -0.15) is 0 Å². The molecule has 2 rings (SSSR count). The van der Waals surface area contributed by atoms with Gasteiger partial charge in [0.1, 0.15) is 5.82 Å². The smallest absolute Gasteiger partial charge is 0.334 e. The first kappa shape index (κ1) is 36.0. The predicted molar refractivity (Wildman–Crippen MR) is 178 cm³/mol. The molecule has 0 unspecified atom stereocenters. The van der Waals surface area contributed by atoms with Gasteiger partial charge in [0.15, 0.2) is 0 Å². The molecule has 232 valence electrons. The molecule has 0 spiro atoms. The molecule has 0 fully saturated rings. The summed E-state index contributed by atoms with van der Waals surface area (Å²) >= 11 is 25.2. The summed E-state index contributed by atoms with van der Waals surface area (Å²) < 4.78 is 5.06. The highest BCUT2D eigenvalue weighted by atomic mass is 35.5. The van der Waals surface area contributed by atoms with Crippen molar-refractivity contribution in [2.45, 2.75) is 90.9 Å². The lowest BCUT2D eigenvalue weighted by molar-refractivity contribution is -0.137. The highest BCUT2D eigenvalue weighted by Gasteiger charge is 2.19. The van der Waals surface area contributed by atoms with Crippen LogP contribution in [-0.2, 0) is 14.3 Å². The van der Waals surface area contributed by atoms with E-state index in [1.165, 1.54) is 63.5 Å². The number of carbonyl (C=O) groups is 2. The van der Waals surface area contributed by atoms with Crippen molar-refractivity contribution in [1.29, 1.82) is 0 Å². The van der Waals surface area contributed by atoms with Gasteiger partial charge in [-0.15, -0.1) is 0 Å². The van der Waals surface area contributed by atoms with E-state index in [2.05, 4.69) is 17.6 Å². The lowest BCUT2D eigenvalue weighted by Crippen LogP contribution is -2.35. The van der Waals surface area contributed by atoms with Crippen LogP contribution in [-0.4, -0.2) is 18.5 Å². The number of amides is 1. The molecule has 1 amide bonds. The highest BCUT2D eigenvalue weighted by Crippen LogP contribution is 2.37. The molecular weight excluding hydrogens is 618 g/mol. The Balaban J connectivity index is 1.99. The van der Waals surface area contributed by atoms with Crippen LogP contribution in [0.2, 0.25) is 20.1 Å². The number of anilines is 3. The van der Waals surface area contributed by atoms with Crippen molar-refractivity contribution in [3.05, 3.63) is 62.3 Å². The molecule has 2 aromatic carbocycles. The van der Waals surface area contributed by atoms with Gasteiger partial charge in [-0.3, -0.25) is 9.80 Å². The maximum atomic E-state index is 12.6. The monoisotopic (exact) mass is 658 g/mol. The Morgan fingerprint density at radius 1 is 0.810 bits per heavy atom. The molecule has 0 saturated heterocycles. The molecule has 0 aliphatic heterocycles. The van der Waals surface area contributed by atoms with Crippen molar-refractivity contribution in [2.24, 2.45) is 5.84 Å². The molecule has 0 aromatic heterocycles. The average Bonchev–Trinajstić information content (AvgIpc) is 2.92. The number of ether oxygens (including phenoxy) is 1. The number of nitrogens with two attached hydrogens (primary N) is 1. The zero-order valence-electron chi connectivity index (χ0n) is 24.4. The van der Waals surface area contributed by atoms with Crippen LogP contribution in [0.1, 0.15) is 90.9 Å². The molecular formula is C31H42Cl4N4O3. The second kappa shape index (κ2) is 19.9. The van der Waals surface area contributed by atoms with Gasteiger partial charge in [-0.1, -0.05) is 118 Å². The van der Waals surface area contributed by atoms with Crippen LogP contribution < -0.4 is 21.5 Å². The fourth-order valence-electron chi connectivity index (χ4n) is 4.36. The molecule has 7 nitrogen and oxygen atoms in total. The zero-order valence-corrected chi connectivity index (χ0v) is 27.4. The quantitative estimate of drug-likeness (QED) is 0.0456. The summed E-state index contributed by atoms with van der Waals surface area (Å²) in [4.78, 5) is 24.9. The van der Waals surface area contributed by atoms with E-state index >= 15 is 0 Å². The number of rotatable bonds is 19. The van der Waals surface area contributed by atoms with Gasteiger partial charge >= 0.3 is 5.97 Å². The molecule has 2 aromatic rings. The number of halogens is 4. The van der Waals surface area contributed by atoms with Gasteiger partial charge in [0.05, 0.1) is 39.1 Å². The number of benzene rings is 2. The minimum atomic E-state index is -0.649. The van der Waals surface area contributed by atoms with E-state index in [1.54, 1.807) is 25.1 Å². The van der Waals surface area contributed by atoms with E-state index < -0.39 is 5.97 Å². The van der Waals surface area contributed by atoms with E-state index in [4.69, 9.17) is 57.0 Å². The van der Waals surface area contributed by atoms with Crippen LogP contribution in [0.5, 0.6) is 0 Å². The maximum absolute atomic E-state index is 12.6. The lowest BCUT2D eigenvalue weighted by atomic mass is 10.1. The topological polar surface area (TPSA) is 96.7 Å². The van der Waals surface area contributed by atoms with Crippen molar-refractivity contribution in [3.63, 3.8) is 0 Å². The van der Waals surface area contributed by atoms with Crippen LogP contribution in [0.4, 0.5) is 17.1 Å². The number of esters is 1. The normalized spacial score (nSPS) is 11.4. The summed E-state index contributed by atoms with van der Waals surface area (Å²) in [6.07, 6.45) is 15.0. The molecule has 0 radical (unpaired) electrons. The largest absolute Gasteiger partial charge is 0.463 e. The first-order chi connectivity index (χ1) is 20.2. The highest BCUT2D eigenvalue weighted by molar-refractivity contribution is 6.42. The number of carbonyl (C=O) groups excluding carboxylic acids is 2. The third-order valence-corrected chi connectivity index (χ3v) is 7.67. The lowest BCUT2D eigenvalue weighted by Gasteiger charge is -2.25. The Morgan fingerprint density at radius 3 is 1.95 bits per heavy atom. The number of hydrogen-bond donors (Lipinski definition) is 3. The molecule has 11 heteroatoms. The molecule has 0 aliphatic carbocycles. The molecule has 0 heterocycles. The van der Waals surface area contributed by atoms with E-state index in [9.17, 15) is 9.59 Å². The third kappa shape index (κ3) is 13.0. The van der Waals surface area contributed by atoms with E-state index in [1.807, 2.05) is 0 Å². The van der Waals surface area contributed by atoms with Crippen molar-refractivity contribution in [1.82, 2.24) is 0 Å².